The highest BCUT2D eigenvalue weighted by molar-refractivity contribution is 7.80. The van der Waals surface area contributed by atoms with Crippen molar-refractivity contribution in [1.29, 1.82) is 0 Å². The normalized spacial score (nSPS) is 10.4. The second-order valence-corrected chi connectivity index (χ2v) is 5.12. The molecule has 1 aromatic carbocycles. The summed E-state index contributed by atoms with van der Waals surface area (Å²) >= 11 is 5.07. The van der Waals surface area contributed by atoms with E-state index in [1.807, 2.05) is 38.4 Å². The average molecular weight is 366 g/mol. The van der Waals surface area contributed by atoms with Gasteiger partial charge in [0.15, 0.2) is 0 Å². The van der Waals surface area contributed by atoms with Crippen LogP contribution >= 0.6 is 12.2 Å². The standard InChI is InChI=1S/C12H19N2OS.HI/c1-13(2)12(16)15-11-8-6-10(7-9-11)14(3,4)5;/h6-9H,1-5H3;1H/q+1;/p-1. The maximum absolute atomic E-state index is 5.49. The molecule has 3 nitrogen and oxygen atoms in total. The first kappa shape index (κ1) is 16.6. The molecule has 0 saturated heterocycles. The van der Waals surface area contributed by atoms with Crippen LogP contribution in [0.3, 0.4) is 0 Å². The highest BCUT2D eigenvalue weighted by Gasteiger charge is 2.11. The quantitative estimate of drug-likeness (QED) is 0.383. The minimum absolute atomic E-state index is 0. The topological polar surface area (TPSA) is 12.5 Å². The number of nitrogens with zero attached hydrogens (tertiary/aromatic N) is 2. The maximum Gasteiger partial charge on any atom is 0.264 e. The Bertz CT molecular complexity index is 371. The predicted molar refractivity (Wildman–Crippen MR) is 72.9 cm³/mol. The van der Waals surface area contributed by atoms with E-state index < -0.39 is 0 Å². The van der Waals surface area contributed by atoms with E-state index in [4.69, 9.17) is 17.0 Å². The summed E-state index contributed by atoms with van der Waals surface area (Å²) in [7, 11) is 10.1. The highest BCUT2D eigenvalue weighted by atomic mass is 127. The van der Waals surface area contributed by atoms with Gasteiger partial charge < -0.3 is 33.6 Å². The molecule has 0 N–H and O–H groups in total. The summed E-state index contributed by atoms with van der Waals surface area (Å²) in [5, 5.41) is 0.470. The first-order chi connectivity index (χ1) is 7.30. The van der Waals surface area contributed by atoms with E-state index in [1.54, 1.807) is 4.90 Å². The Labute approximate surface area is 126 Å². The third-order valence-electron chi connectivity index (χ3n) is 2.18. The van der Waals surface area contributed by atoms with E-state index >= 15 is 0 Å². The van der Waals surface area contributed by atoms with Gasteiger partial charge in [0.05, 0.1) is 21.1 Å². The van der Waals surface area contributed by atoms with Gasteiger partial charge in [0, 0.05) is 26.2 Å². The number of hydrogen-bond acceptors (Lipinski definition) is 2. The SMILES string of the molecule is CN(C)C(=S)Oc1ccc([N+](C)(C)C)cc1.[I-]. The molecule has 0 heterocycles. The molecule has 0 radical (unpaired) electrons. The van der Waals surface area contributed by atoms with Crippen molar-refractivity contribution in [1.82, 2.24) is 9.38 Å². The number of ether oxygens (including phenoxy) is 1. The van der Waals surface area contributed by atoms with E-state index in [1.165, 1.54) is 5.69 Å². The molecule has 0 aliphatic carbocycles. The Morgan fingerprint density at radius 3 is 1.94 bits per heavy atom. The largest absolute Gasteiger partial charge is 1.00 e. The molecule has 0 aromatic heterocycles. The van der Waals surface area contributed by atoms with Gasteiger partial charge in [0.1, 0.15) is 11.4 Å². The van der Waals surface area contributed by atoms with Crippen LogP contribution in [0.2, 0.25) is 0 Å². The first-order valence-corrected chi connectivity index (χ1v) is 5.53. The van der Waals surface area contributed by atoms with Crippen molar-refractivity contribution < 1.29 is 28.7 Å². The predicted octanol–water partition coefficient (Wildman–Crippen LogP) is -0.887. The molecule has 0 unspecified atom stereocenters. The van der Waals surface area contributed by atoms with Gasteiger partial charge in [-0.15, -0.1) is 0 Å². The summed E-state index contributed by atoms with van der Waals surface area (Å²) in [6.45, 7) is 0. The lowest BCUT2D eigenvalue weighted by molar-refractivity contribution is -0.00000405. The van der Waals surface area contributed by atoms with Gasteiger partial charge in [-0.3, -0.25) is 4.48 Å². The number of quaternary nitrogens is 1. The number of benzene rings is 1. The smallest absolute Gasteiger partial charge is 0.264 e. The van der Waals surface area contributed by atoms with Crippen LogP contribution in [0, 0.1) is 0 Å². The summed E-state index contributed by atoms with van der Waals surface area (Å²) in [4.78, 5) is 1.77. The molecule has 0 spiro atoms. The van der Waals surface area contributed by atoms with Crippen LogP contribution in [0.25, 0.3) is 0 Å². The lowest BCUT2D eigenvalue weighted by Crippen LogP contribution is -3.00. The monoisotopic (exact) mass is 366 g/mol. The van der Waals surface area contributed by atoms with Crippen LogP contribution in [0.4, 0.5) is 5.69 Å². The van der Waals surface area contributed by atoms with Gasteiger partial charge >= 0.3 is 0 Å². The molecule has 96 valence electrons. The molecule has 17 heavy (non-hydrogen) atoms. The second-order valence-electron chi connectivity index (χ2n) is 4.77. The Kier molecular flexibility index (Phi) is 6.36. The Balaban J connectivity index is 0.00000256. The lowest BCUT2D eigenvalue weighted by atomic mass is 10.2. The summed E-state index contributed by atoms with van der Waals surface area (Å²) in [6, 6.07) is 7.98. The van der Waals surface area contributed by atoms with Crippen LogP contribution in [0.1, 0.15) is 0 Å². The van der Waals surface area contributed by atoms with Crippen molar-refractivity contribution in [3.63, 3.8) is 0 Å². The Hall–Kier alpha value is -0.400. The van der Waals surface area contributed by atoms with Crippen LogP contribution in [-0.2, 0) is 0 Å². The molecular weight excluding hydrogens is 347 g/mol. The van der Waals surface area contributed by atoms with Crippen molar-refractivity contribution >= 4 is 23.1 Å². The van der Waals surface area contributed by atoms with Crippen molar-refractivity contribution in [2.75, 3.05) is 35.2 Å². The van der Waals surface area contributed by atoms with Crippen molar-refractivity contribution in [2.24, 2.45) is 0 Å². The van der Waals surface area contributed by atoms with E-state index in [-0.39, 0.29) is 24.0 Å². The van der Waals surface area contributed by atoms with Gasteiger partial charge in [-0.05, 0) is 24.4 Å². The van der Waals surface area contributed by atoms with Gasteiger partial charge in [0.25, 0.3) is 5.17 Å². The fraction of sp³-hybridized carbons (Fsp3) is 0.417. The van der Waals surface area contributed by atoms with Gasteiger partial charge in [-0.1, -0.05) is 0 Å². The number of halogens is 1. The van der Waals surface area contributed by atoms with E-state index in [0.29, 0.717) is 5.17 Å². The Morgan fingerprint density at radius 2 is 1.59 bits per heavy atom. The van der Waals surface area contributed by atoms with Crippen LogP contribution in [-0.4, -0.2) is 45.3 Å². The third kappa shape index (κ3) is 5.18. The molecule has 0 atom stereocenters. The average Bonchev–Trinajstić information content (AvgIpc) is 2.17. The maximum atomic E-state index is 5.49. The fourth-order valence-electron chi connectivity index (χ4n) is 1.15. The van der Waals surface area contributed by atoms with E-state index in [0.717, 1.165) is 10.2 Å². The van der Waals surface area contributed by atoms with Crippen molar-refractivity contribution in [3.05, 3.63) is 24.3 Å². The third-order valence-corrected chi connectivity index (χ3v) is 2.63. The second kappa shape index (κ2) is 6.51. The van der Waals surface area contributed by atoms with Crippen LogP contribution < -0.4 is 33.2 Å². The van der Waals surface area contributed by atoms with Crippen LogP contribution in [0.5, 0.6) is 5.75 Å². The molecule has 0 bridgehead atoms. The van der Waals surface area contributed by atoms with Gasteiger partial charge in [-0.25, -0.2) is 0 Å². The zero-order chi connectivity index (χ0) is 12.3. The van der Waals surface area contributed by atoms with Crippen molar-refractivity contribution in [3.8, 4) is 5.75 Å². The molecule has 0 saturated carbocycles. The Morgan fingerprint density at radius 1 is 1.12 bits per heavy atom. The van der Waals surface area contributed by atoms with Crippen LogP contribution in [0.15, 0.2) is 24.3 Å². The molecule has 0 fully saturated rings. The van der Waals surface area contributed by atoms with Gasteiger partial charge in [-0.2, -0.15) is 0 Å². The first-order valence-electron chi connectivity index (χ1n) is 5.12. The van der Waals surface area contributed by atoms with E-state index in [2.05, 4.69) is 21.1 Å². The summed E-state index contributed by atoms with van der Waals surface area (Å²) < 4.78 is 6.28. The molecule has 0 aliphatic rings. The molecule has 0 aliphatic heterocycles. The van der Waals surface area contributed by atoms with Crippen molar-refractivity contribution in [2.45, 2.75) is 0 Å². The number of rotatable bonds is 2. The molecule has 1 aromatic rings. The lowest BCUT2D eigenvalue weighted by Gasteiger charge is -2.23. The minimum Gasteiger partial charge on any atom is -1.00 e. The molecule has 5 heteroatoms. The summed E-state index contributed by atoms with van der Waals surface area (Å²) in [5.41, 5.74) is 1.23. The zero-order valence-electron chi connectivity index (χ0n) is 10.9. The molecular formula is C12H19IN2OS. The van der Waals surface area contributed by atoms with E-state index in [9.17, 15) is 0 Å². The minimum atomic E-state index is 0. The summed E-state index contributed by atoms with van der Waals surface area (Å²) in [6.07, 6.45) is 0. The summed E-state index contributed by atoms with van der Waals surface area (Å²) in [5.74, 6) is 0.774. The van der Waals surface area contributed by atoms with Gasteiger partial charge in [0.2, 0.25) is 0 Å². The molecule has 0 amide bonds. The number of thiocarbonyl (C=S) groups is 1. The molecule has 1 rings (SSSR count). The highest BCUT2D eigenvalue weighted by Crippen LogP contribution is 2.21. The zero-order valence-corrected chi connectivity index (χ0v) is 13.9. The fourth-order valence-corrected chi connectivity index (χ4v) is 1.25. The number of hydrogen-bond donors (Lipinski definition) is 0.